The van der Waals surface area contributed by atoms with Gasteiger partial charge in [0.15, 0.2) is 10.3 Å². The number of fused-ring (bicyclic) bond motifs is 2. The van der Waals surface area contributed by atoms with Gasteiger partial charge in [-0.25, -0.2) is 9.97 Å². The molecule has 0 radical (unpaired) electrons. The lowest BCUT2D eigenvalue weighted by molar-refractivity contribution is 0.410. The van der Waals surface area contributed by atoms with Gasteiger partial charge >= 0.3 is 0 Å². The second kappa shape index (κ2) is 8.13. The van der Waals surface area contributed by atoms with E-state index in [0.717, 1.165) is 63.7 Å². The number of hydrogen-bond acceptors (Lipinski definition) is 9. The molecule has 0 unspecified atom stereocenters. The monoisotopic (exact) mass is 458 g/mol. The molecule has 0 amide bonds. The van der Waals surface area contributed by atoms with Gasteiger partial charge in [0.25, 0.3) is 0 Å². The maximum Gasteiger partial charge on any atom is 0.186 e. The van der Waals surface area contributed by atoms with Crippen LogP contribution in [0.5, 0.6) is 11.5 Å². The highest BCUT2D eigenvalue weighted by atomic mass is 32.2. The Labute approximate surface area is 187 Å². The van der Waals surface area contributed by atoms with Crippen molar-refractivity contribution >= 4 is 65.1 Å². The average molecular weight is 459 g/mol. The molecule has 1 aliphatic rings. The molecule has 0 N–H and O–H groups in total. The molecule has 6 nitrogen and oxygen atoms in total. The number of aromatic nitrogens is 2. The molecule has 0 atom stereocenters. The Morgan fingerprint density at radius 1 is 0.867 bits per heavy atom. The van der Waals surface area contributed by atoms with Crippen molar-refractivity contribution in [3.63, 3.8) is 0 Å². The average Bonchev–Trinajstić information content (AvgIpc) is 3.42. The summed E-state index contributed by atoms with van der Waals surface area (Å²) in [5, 5.41) is 2.12. The SMILES string of the molecule is COc1ccc(OC)c2sc(N3CCN(c4nc5ccc(SC)cc5s4)CC3)nc12. The predicted molar refractivity (Wildman–Crippen MR) is 129 cm³/mol. The van der Waals surface area contributed by atoms with E-state index in [1.54, 1.807) is 48.7 Å². The molecule has 0 saturated carbocycles. The van der Waals surface area contributed by atoms with Crippen molar-refractivity contribution < 1.29 is 9.47 Å². The molecule has 2 aromatic heterocycles. The lowest BCUT2D eigenvalue weighted by atomic mass is 10.3. The van der Waals surface area contributed by atoms with Gasteiger partial charge in [-0.2, -0.15) is 0 Å². The summed E-state index contributed by atoms with van der Waals surface area (Å²) in [6.07, 6.45) is 2.11. The highest BCUT2D eigenvalue weighted by molar-refractivity contribution is 7.98. The lowest BCUT2D eigenvalue weighted by Gasteiger charge is -2.34. The molecule has 0 bridgehead atoms. The summed E-state index contributed by atoms with van der Waals surface area (Å²) in [7, 11) is 3.37. The van der Waals surface area contributed by atoms with Gasteiger partial charge in [0, 0.05) is 31.1 Å². The number of methoxy groups -OCH3 is 2. The highest BCUT2D eigenvalue weighted by Crippen LogP contribution is 2.40. The molecule has 9 heteroatoms. The van der Waals surface area contributed by atoms with Gasteiger partial charge in [0.2, 0.25) is 0 Å². The van der Waals surface area contributed by atoms with Crippen LogP contribution >= 0.6 is 34.4 Å². The molecule has 1 aliphatic heterocycles. The van der Waals surface area contributed by atoms with E-state index >= 15 is 0 Å². The lowest BCUT2D eigenvalue weighted by Crippen LogP contribution is -2.46. The fourth-order valence-corrected chi connectivity index (χ4v) is 6.35. The van der Waals surface area contributed by atoms with Crippen LogP contribution in [0.25, 0.3) is 20.4 Å². The van der Waals surface area contributed by atoms with E-state index in [2.05, 4.69) is 34.3 Å². The van der Waals surface area contributed by atoms with Crippen LogP contribution in [0.1, 0.15) is 0 Å². The van der Waals surface area contributed by atoms with Gasteiger partial charge in [0.1, 0.15) is 21.7 Å². The van der Waals surface area contributed by atoms with Crippen LogP contribution in [0.2, 0.25) is 0 Å². The Balaban J connectivity index is 1.36. The summed E-state index contributed by atoms with van der Waals surface area (Å²) in [5.74, 6) is 1.62. The second-order valence-corrected chi connectivity index (χ2v) is 9.81. The van der Waals surface area contributed by atoms with Crippen LogP contribution in [0, 0.1) is 0 Å². The number of benzene rings is 2. The Bertz CT molecular complexity index is 1160. The first-order valence-corrected chi connectivity index (χ1v) is 12.5. The van der Waals surface area contributed by atoms with Gasteiger partial charge in [-0.1, -0.05) is 22.7 Å². The molecule has 0 spiro atoms. The van der Waals surface area contributed by atoms with E-state index in [9.17, 15) is 0 Å². The minimum absolute atomic E-state index is 0.783. The summed E-state index contributed by atoms with van der Waals surface area (Å²) in [5.41, 5.74) is 1.95. The van der Waals surface area contributed by atoms with Crippen LogP contribution in [0.4, 0.5) is 10.3 Å². The third-order valence-electron chi connectivity index (χ3n) is 5.30. The normalized spacial score (nSPS) is 14.6. The molecule has 1 fully saturated rings. The first kappa shape index (κ1) is 19.7. The van der Waals surface area contributed by atoms with Gasteiger partial charge in [-0.05, 0) is 36.6 Å². The maximum atomic E-state index is 5.53. The molecular formula is C21H22N4O2S3. The van der Waals surface area contributed by atoms with Gasteiger partial charge in [0.05, 0.1) is 24.4 Å². The predicted octanol–water partition coefficient (Wildman–Crippen LogP) is 4.97. The standard InChI is InChI=1S/C21H22N4O2S3/c1-26-15-6-7-16(27-2)19-18(15)23-21(30-19)25-10-8-24(9-11-25)20-22-14-5-4-13(28-3)12-17(14)29-20/h4-7,12H,8-11H2,1-3H3. The van der Waals surface area contributed by atoms with Crippen molar-refractivity contribution in [2.45, 2.75) is 4.90 Å². The molecule has 4 aromatic rings. The van der Waals surface area contributed by atoms with Crippen molar-refractivity contribution in [3.05, 3.63) is 30.3 Å². The smallest absolute Gasteiger partial charge is 0.186 e. The molecule has 2 aromatic carbocycles. The largest absolute Gasteiger partial charge is 0.495 e. The van der Waals surface area contributed by atoms with E-state index in [1.165, 1.54) is 9.60 Å². The summed E-state index contributed by atoms with van der Waals surface area (Å²) in [6, 6.07) is 10.4. The zero-order valence-electron chi connectivity index (χ0n) is 17.0. The number of thioether (sulfide) groups is 1. The van der Waals surface area contributed by atoms with Crippen LogP contribution in [0.15, 0.2) is 35.2 Å². The Morgan fingerprint density at radius 2 is 1.53 bits per heavy atom. The van der Waals surface area contributed by atoms with E-state index in [1.807, 2.05) is 12.1 Å². The zero-order valence-corrected chi connectivity index (χ0v) is 19.5. The van der Waals surface area contributed by atoms with Crippen molar-refractivity contribution in [2.24, 2.45) is 0 Å². The number of thiazole rings is 2. The van der Waals surface area contributed by atoms with E-state index in [4.69, 9.17) is 19.4 Å². The minimum Gasteiger partial charge on any atom is -0.495 e. The van der Waals surface area contributed by atoms with Crippen LogP contribution < -0.4 is 19.3 Å². The maximum absolute atomic E-state index is 5.53. The number of anilines is 2. The summed E-state index contributed by atoms with van der Waals surface area (Å²) in [4.78, 5) is 15.7. The van der Waals surface area contributed by atoms with Crippen LogP contribution in [-0.2, 0) is 0 Å². The molecule has 5 rings (SSSR count). The first-order valence-electron chi connectivity index (χ1n) is 9.66. The molecule has 1 saturated heterocycles. The molecule has 3 heterocycles. The summed E-state index contributed by atoms with van der Waals surface area (Å²) in [6.45, 7) is 3.69. The number of rotatable bonds is 5. The molecule has 156 valence electrons. The Hall–Kier alpha value is -2.23. The van der Waals surface area contributed by atoms with Crippen molar-refractivity contribution in [3.8, 4) is 11.5 Å². The Morgan fingerprint density at radius 3 is 2.20 bits per heavy atom. The number of nitrogens with zero attached hydrogens (tertiary/aromatic N) is 4. The topological polar surface area (TPSA) is 50.7 Å². The van der Waals surface area contributed by atoms with Crippen LogP contribution in [0.3, 0.4) is 0 Å². The molecule has 0 aliphatic carbocycles. The number of piperazine rings is 1. The number of hydrogen-bond donors (Lipinski definition) is 0. The van der Waals surface area contributed by atoms with Crippen molar-refractivity contribution in [2.75, 3.05) is 56.5 Å². The Kier molecular flexibility index (Phi) is 5.34. The fourth-order valence-electron chi connectivity index (χ4n) is 3.65. The quantitative estimate of drug-likeness (QED) is 0.391. The van der Waals surface area contributed by atoms with Gasteiger partial charge in [-0.15, -0.1) is 11.8 Å². The van der Waals surface area contributed by atoms with Gasteiger partial charge < -0.3 is 19.3 Å². The van der Waals surface area contributed by atoms with E-state index in [-0.39, 0.29) is 0 Å². The molecular weight excluding hydrogens is 436 g/mol. The summed E-state index contributed by atoms with van der Waals surface area (Å²) >= 11 is 5.21. The zero-order chi connectivity index (χ0) is 20.7. The highest BCUT2D eigenvalue weighted by Gasteiger charge is 2.23. The minimum atomic E-state index is 0.783. The van der Waals surface area contributed by atoms with E-state index < -0.39 is 0 Å². The third-order valence-corrected chi connectivity index (χ3v) is 8.24. The van der Waals surface area contributed by atoms with Crippen molar-refractivity contribution in [1.29, 1.82) is 0 Å². The van der Waals surface area contributed by atoms with Gasteiger partial charge in [-0.3, -0.25) is 0 Å². The second-order valence-electron chi connectivity index (χ2n) is 6.95. The van der Waals surface area contributed by atoms with Crippen molar-refractivity contribution in [1.82, 2.24) is 9.97 Å². The molecule has 30 heavy (non-hydrogen) atoms. The first-order chi connectivity index (χ1) is 14.7. The number of ether oxygens (including phenoxy) is 2. The fraction of sp³-hybridized carbons (Fsp3) is 0.333. The van der Waals surface area contributed by atoms with Crippen LogP contribution in [-0.4, -0.2) is 56.6 Å². The third kappa shape index (κ3) is 3.44. The van der Waals surface area contributed by atoms with E-state index in [0.29, 0.717) is 0 Å². The summed E-state index contributed by atoms with van der Waals surface area (Å²) < 4.78 is 13.3.